The number of benzene rings is 1. The van der Waals surface area contributed by atoms with Gasteiger partial charge in [0, 0.05) is 12.6 Å². The zero-order valence-electron chi connectivity index (χ0n) is 13.2. The summed E-state index contributed by atoms with van der Waals surface area (Å²) in [5, 5.41) is 11.6. The van der Waals surface area contributed by atoms with Crippen LogP contribution in [0.3, 0.4) is 0 Å². The third-order valence-corrected chi connectivity index (χ3v) is 2.90. The molecular weight excluding hydrogens is 298 g/mol. The largest absolute Gasteiger partial charge is 0.480 e. The summed E-state index contributed by atoms with van der Waals surface area (Å²) in [4.78, 5) is 31.7. The molecule has 1 amide bonds. The van der Waals surface area contributed by atoms with E-state index in [1.807, 2.05) is 18.2 Å². The molecule has 0 aliphatic rings. The lowest BCUT2D eigenvalue weighted by molar-refractivity contribution is -0.139. The van der Waals surface area contributed by atoms with Crippen molar-refractivity contribution in [3.05, 3.63) is 36.2 Å². The third kappa shape index (κ3) is 4.91. The Kier molecular flexibility index (Phi) is 4.78. The van der Waals surface area contributed by atoms with Crippen LogP contribution < -0.4 is 5.32 Å². The lowest BCUT2D eigenvalue weighted by Crippen LogP contribution is -2.44. The highest BCUT2D eigenvalue weighted by Crippen LogP contribution is 2.11. The van der Waals surface area contributed by atoms with Gasteiger partial charge in [-0.1, -0.05) is 12.1 Å². The van der Waals surface area contributed by atoms with Crippen molar-refractivity contribution in [1.29, 1.82) is 0 Å². The Labute approximate surface area is 133 Å². The van der Waals surface area contributed by atoms with E-state index in [1.165, 1.54) is 6.20 Å². The van der Waals surface area contributed by atoms with Crippen molar-refractivity contribution in [1.82, 2.24) is 15.3 Å². The first-order valence-corrected chi connectivity index (χ1v) is 7.17. The van der Waals surface area contributed by atoms with Gasteiger partial charge in [0.2, 0.25) is 0 Å². The van der Waals surface area contributed by atoms with Gasteiger partial charge in [-0.05, 0) is 32.9 Å². The minimum atomic E-state index is -1.16. The average Bonchev–Trinajstić information content (AvgIpc) is 2.44. The molecule has 1 atom stereocenters. The minimum Gasteiger partial charge on any atom is -0.480 e. The monoisotopic (exact) mass is 317 g/mol. The van der Waals surface area contributed by atoms with Gasteiger partial charge in [-0.2, -0.15) is 0 Å². The summed E-state index contributed by atoms with van der Waals surface area (Å²) in [7, 11) is 0. The van der Waals surface area contributed by atoms with Crippen molar-refractivity contribution in [2.24, 2.45) is 0 Å². The van der Waals surface area contributed by atoms with Gasteiger partial charge in [-0.15, -0.1) is 0 Å². The van der Waals surface area contributed by atoms with Crippen LogP contribution in [0.15, 0.2) is 30.5 Å². The SMILES string of the molecule is CC(C)(C)OC(=O)N[C@@H](Cc1cnc2ccccc2n1)C(=O)O. The Morgan fingerprint density at radius 2 is 1.91 bits per heavy atom. The quantitative estimate of drug-likeness (QED) is 0.896. The summed E-state index contributed by atoms with van der Waals surface area (Å²) in [6, 6.07) is 6.15. The summed E-state index contributed by atoms with van der Waals surface area (Å²) in [6.07, 6.45) is 0.750. The highest BCUT2D eigenvalue weighted by atomic mass is 16.6. The molecule has 2 N–H and O–H groups in total. The predicted octanol–water partition coefficient (Wildman–Crippen LogP) is 2.15. The first-order valence-electron chi connectivity index (χ1n) is 7.17. The van der Waals surface area contributed by atoms with E-state index in [4.69, 9.17) is 4.74 Å². The number of aromatic nitrogens is 2. The first kappa shape index (κ1) is 16.7. The smallest absolute Gasteiger partial charge is 0.408 e. The predicted molar refractivity (Wildman–Crippen MR) is 84.0 cm³/mol. The molecule has 0 radical (unpaired) electrons. The van der Waals surface area contributed by atoms with Crippen molar-refractivity contribution in [2.45, 2.75) is 38.8 Å². The average molecular weight is 317 g/mol. The van der Waals surface area contributed by atoms with Crippen molar-refractivity contribution < 1.29 is 19.4 Å². The molecule has 1 aromatic carbocycles. The maximum Gasteiger partial charge on any atom is 0.408 e. The second-order valence-electron chi connectivity index (χ2n) is 6.09. The van der Waals surface area contributed by atoms with Gasteiger partial charge in [0.15, 0.2) is 0 Å². The molecule has 0 saturated carbocycles. The molecule has 1 aromatic heterocycles. The van der Waals surface area contributed by atoms with E-state index in [9.17, 15) is 14.7 Å². The lowest BCUT2D eigenvalue weighted by Gasteiger charge is -2.21. The van der Waals surface area contributed by atoms with Crippen LogP contribution in [0, 0.1) is 0 Å². The standard InChI is InChI=1S/C16H19N3O4/c1-16(2,3)23-15(22)19-13(14(20)21)8-10-9-17-11-6-4-5-7-12(11)18-10/h4-7,9,13H,8H2,1-3H3,(H,19,22)(H,20,21)/t13-/m0/s1. The number of nitrogens with one attached hydrogen (secondary N) is 1. The molecule has 1 heterocycles. The minimum absolute atomic E-state index is 0.0202. The maximum absolute atomic E-state index is 11.7. The zero-order valence-corrected chi connectivity index (χ0v) is 13.2. The molecule has 0 aliphatic heterocycles. The molecule has 0 saturated heterocycles. The van der Waals surface area contributed by atoms with Gasteiger partial charge in [0.05, 0.1) is 16.7 Å². The number of carboxylic acid groups (broad SMARTS) is 1. The van der Waals surface area contributed by atoms with Crippen molar-refractivity contribution in [3.8, 4) is 0 Å². The number of carbonyl (C=O) groups excluding carboxylic acids is 1. The molecule has 0 unspecified atom stereocenters. The molecule has 2 rings (SSSR count). The topological polar surface area (TPSA) is 101 Å². The van der Waals surface area contributed by atoms with Gasteiger partial charge < -0.3 is 15.2 Å². The van der Waals surface area contributed by atoms with E-state index in [-0.39, 0.29) is 6.42 Å². The number of carbonyl (C=O) groups is 2. The Hall–Kier alpha value is -2.70. The van der Waals surface area contributed by atoms with Crippen LogP contribution in [-0.2, 0) is 16.0 Å². The molecule has 0 fully saturated rings. The molecule has 2 aromatic rings. The van der Waals surface area contributed by atoms with Gasteiger partial charge in [-0.3, -0.25) is 4.98 Å². The van der Waals surface area contributed by atoms with E-state index in [0.717, 1.165) is 5.52 Å². The second-order valence-corrected chi connectivity index (χ2v) is 6.09. The number of aliphatic carboxylic acids is 1. The number of carboxylic acids is 1. The highest BCUT2D eigenvalue weighted by molar-refractivity contribution is 5.80. The van der Waals surface area contributed by atoms with Crippen molar-refractivity contribution in [2.75, 3.05) is 0 Å². The number of fused-ring (bicyclic) bond motifs is 1. The van der Waals surface area contributed by atoms with Gasteiger partial charge in [0.25, 0.3) is 0 Å². The second kappa shape index (κ2) is 6.60. The molecule has 23 heavy (non-hydrogen) atoms. The summed E-state index contributed by atoms with van der Waals surface area (Å²) in [6.45, 7) is 5.12. The first-order chi connectivity index (χ1) is 10.7. The Bertz CT molecular complexity index is 725. The van der Waals surface area contributed by atoms with Crippen LogP contribution in [0.4, 0.5) is 4.79 Å². The van der Waals surface area contributed by atoms with Gasteiger partial charge in [-0.25, -0.2) is 14.6 Å². The number of alkyl carbamates (subject to hydrolysis) is 1. The third-order valence-electron chi connectivity index (χ3n) is 2.90. The summed E-state index contributed by atoms with van der Waals surface area (Å²) >= 11 is 0. The molecule has 7 nitrogen and oxygen atoms in total. The summed E-state index contributed by atoms with van der Waals surface area (Å²) in [5.41, 5.74) is 1.18. The van der Waals surface area contributed by atoms with Crippen LogP contribution in [0.1, 0.15) is 26.5 Å². The highest BCUT2D eigenvalue weighted by Gasteiger charge is 2.24. The van der Waals surface area contributed by atoms with E-state index in [2.05, 4.69) is 15.3 Å². The number of para-hydroxylation sites is 2. The normalized spacial score (nSPS) is 12.7. The number of amides is 1. The van der Waals surface area contributed by atoms with Gasteiger partial charge in [0.1, 0.15) is 11.6 Å². The number of hydrogen-bond donors (Lipinski definition) is 2. The Balaban J connectivity index is 2.11. The fraction of sp³-hybridized carbons (Fsp3) is 0.375. The Morgan fingerprint density at radius 3 is 2.52 bits per heavy atom. The number of nitrogens with zero attached hydrogens (tertiary/aromatic N) is 2. The van der Waals surface area contributed by atoms with E-state index >= 15 is 0 Å². The maximum atomic E-state index is 11.7. The molecule has 122 valence electrons. The number of hydrogen-bond acceptors (Lipinski definition) is 5. The number of ether oxygens (including phenoxy) is 1. The fourth-order valence-corrected chi connectivity index (χ4v) is 1.95. The van der Waals surface area contributed by atoms with Crippen LogP contribution in [0.5, 0.6) is 0 Å². The van der Waals surface area contributed by atoms with Crippen LogP contribution in [-0.4, -0.2) is 38.8 Å². The molecule has 0 spiro atoms. The molecule has 0 bridgehead atoms. The number of rotatable bonds is 4. The van der Waals surface area contributed by atoms with Crippen molar-refractivity contribution in [3.63, 3.8) is 0 Å². The molecule has 7 heteroatoms. The lowest BCUT2D eigenvalue weighted by atomic mass is 10.1. The molecular formula is C16H19N3O4. The fourth-order valence-electron chi connectivity index (χ4n) is 1.95. The molecule has 0 aliphatic carbocycles. The van der Waals surface area contributed by atoms with E-state index in [1.54, 1.807) is 26.8 Å². The summed E-state index contributed by atoms with van der Waals surface area (Å²) in [5.74, 6) is -1.16. The van der Waals surface area contributed by atoms with Crippen LogP contribution in [0.2, 0.25) is 0 Å². The zero-order chi connectivity index (χ0) is 17.0. The van der Waals surface area contributed by atoms with E-state index in [0.29, 0.717) is 11.2 Å². The van der Waals surface area contributed by atoms with Gasteiger partial charge >= 0.3 is 12.1 Å². The Morgan fingerprint density at radius 1 is 1.26 bits per heavy atom. The van der Waals surface area contributed by atoms with Crippen molar-refractivity contribution >= 4 is 23.1 Å². The van der Waals surface area contributed by atoms with E-state index < -0.39 is 23.7 Å². The summed E-state index contributed by atoms with van der Waals surface area (Å²) < 4.78 is 5.08. The van der Waals surface area contributed by atoms with Crippen LogP contribution in [0.25, 0.3) is 11.0 Å². The van der Waals surface area contributed by atoms with Crippen LogP contribution >= 0.6 is 0 Å².